The second-order valence-electron chi connectivity index (χ2n) is 4.24. The van der Waals surface area contributed by atoms with Gasteiger partial charge in [-0.1, -0.05) is 36.4 Å². The highest BCUT2D eigenvalue weighted by molar-refractivity contribution is 14.0. The van der Waals surface area contributed by atoms with Crippen LogP contribution in [0.2, 0.25) is 0 Å². The molecule has 19 heavy (non-hydrogen) atoms. The minimum atomic E-state index is 0. The van der Waals surface area contributed by atoms with Gasteiger partial charge in [-0.15, -0.1) is 30.6 Å². The fraction of sp³-hybridized carbons (Fsp3) is 0.400. The summed E-state index contributed by atoms with van der Waals surface area (Å²) < 4.78 is 0. The van der Waals surface area contributed by atoms with Gasteiger partial charge in [0.1, 0.15) is 0 Å². The van der Waals surface area contributed by atoms with Crippen molar-refractivity contribution in [2.24, 2.45) is 4.99 Å². The SMILES string of the molecule is C=CCCCN(C)C(=NC)NCc1ccccc1.I. The molecule has 3 nitrogen and oxygen atoms in total. The maximum Gasteiger partial charge on any atom is 0.193 e. The van der Waals surface area contributed by atoms with Crippen LogP contribution in [-0.4, -0.2) is 31.5 Å². The largest absolute Gasteiger partial charge is 0.352 e. The number of hydrogen-bond acceptors (Lipinski definition) is 1. The number of rotatable bonds is 6. The third-order valence-corrected chi connectivity index (χ3v) is 2.77. The summed E-state index contributed by atoms with van der Waals surface area (Å²) >= 11 is 0. The molecule has 0 fully saturated rings. The highest BCUT2D eigenvalue weighted by Gasteiger charge is 2.04. The first-order valence-electron chi connectivity index (χ1n) is 6.34. The van der Waals surface area contributed by atoms with E-state index in [9.17, 15) is 0 Å². The van der Waals surface area contributed by atoms with E-state index in [0.29, 0.717) is 0 Å². The lowest BCUT2D eigenvalue weighted by atomic mass is 10.2. The Morgan fingerprint density at radius 1 is 1.37 bits per heavy atom. The van der Waals surface area contributed by atoms with Crippen molar-refractivity contribution in [3.8, 4) is 0 Å². The number of aliphatic imine (C=N–C) groups is 1. The number of unbranched alkanes of at least 4 members (excludes halogenated alkanes) is 1. The maximum absolute atomic E-state index is 4.29. The first kappa shape index (κ1) is 18.0. The number of allylic oxidation sites excluding steroid dienone is 1. The zero-order chi connectivity index (χ0) is 13.2. The third kappa shape index (κ3) is 7.20. The molecule has 0 unspecified atom stereocenters. The molecule has 0 radical (unpaired) electrons. The highest BCUT2D eigenvalue weighted by atomic mass is 127. The molecule has 0 saturated heterocycles. The molecule has 0 saturated carbocycles. The number of halogens is 1. The van der Waals surface area contributed by atoms with E-state index in [1.165, 1.54) is 5.56 Å². The Morgan fingerprint density at radius 3 is 2.63 bits per heavy atom. The molecule has 0 spiro atoms. The molecule has 0 bridgehead atoms. The van der Waals surface area contributed by atoms with Crippen LogP contribution >= 0.6 is 24.0 Å². The van der Waals surface area contributed by atoms with Crippen molar-refractivity contribution in [3.05, 3.63) is 48.6 Å². The molecule has 0 amide bonds. The molecule has 1 aromatic rings. The van der Waals surface area contributed by atoms with Crippen molar-refractivity contribution in [2.45, 2.75) is 19.4 Å². The van der Waals surface area contributed by atoms with Crippen LogP contribution in [0.1, 0.15) is 18.4 Å². The molecule has 0 aliphatic carbocycles. The Morgan fingerprint density at radius 2 is 2.05 bits per heavy atom. The highest BCUT2D eigenvalue weighted by Crippen LogP contribution is 1.99. The molecule has 0 atom stereocenters. The van der Waals surface area contributed by atoms with Crippen molar-refractivity contribution in [3.63, 3.8) is 0 Å². The first-order valence-corrected chi connectivity index (χ1v) is 6.34. The minimum Gasteiger partial charge on any atom is -0.352 e. The lowest BCUT2D eigenvalue weighted by molar-refractivity contribution is 0.470. The first-order chi connectivity index (χ1) is 8.77. The summed E-state index contributed by atoms with van der Waals surface area (Å²) in [4.78, 5) is 6.43. The van der Waals surface area contributed by atoms with Crippen LogP contribution < -0.4 is 5.32 Å². The van der Waals surface area contributed by atoms with Gasteiger partial charge in [-0.2, -0.15) is 0 Å². The van der Waals surface area contributed by atoms with E-state index >= 15 is 0 Å². The van der Waals surface area contributed by atoms with Gasteiger partial charge in [-0.05, 0) is 18.4 Å². The van der Waals surface area contributed by atoms with Gasteiger partial charge in [0.25, 0.3) is 0 Å². The molecule has 1 rings (SSSR count). The molecule has 1 N–H and O–H groups in total. The van der Waals surface area contributed by atoms with Crippen LogP contribution in [-0.2, 0) is 6.54 Å². The Kier molecular flexibility index (Phi) is 10.2. The topological polar surface area (TPSA) is 27.6 Å². The number of guanidine groups is 1. The van der Waals surface area contributed by atoms with Crippen LogP contribution in [0.3, 0.4) is 0 Å². The second-order valence-corrected chi connectivity index (χ2v) is 4.24. The number of hydrogen-bond donors (Lipinski definition) is 1. The molecule has 0 aliphatic heterocycles. The van der Waals surface area contributed by atoms with Gasteiger partial charge >= 0.3 is 0 Å². The summed E-state index contributed by atoms with van der Waals surface area (Å²) in [6.07, 6.45) is 4.10. The molecule has 0 heterocycles. The van der Waals surface area contributed by atoms with Crippen molar-refractivity contribution >= 4 is 29.9 Å². The lowest BCUT2D eigenvalue weighted by Crippen LogP contribution is -2.38. The van der Waals surface area contributed by atoms with E-state index in [-0.39, 0.29) is 24.0 Å². The van der Waals surface area contributed by atoms with E-state index in [4.69, 9.17) is 0 Å². The zero-order valence-corrected chi connectivity index (χ0v) is 14.1. The molecular weight excluding hydrogens is 349 g/mol. The average molecular weight is 373 g/mol. The van der Waals surface area contributed by atoms with E-state index < -0.39 is 0 Å². The lowest BCUT2D eigenvalue weighted by Gasteiger charge is -2.21. The third-order valence-electron chi connectivity index (χ3n) is 2.77. The fourth-order valence-electron chi connectivity index (χ4n) is 1.74. The Balaban J connectivity index is 0.00000324. The average Bonchev–Trinajstić information content (AvgIpc) is 2.41. The van der Waals surface area contributed by atoms with Gasteiger partial charge in [-0.25, -0.2) is 0 Å². The van der Waals surface area contributed by atoms with Gasteiger partial charge in [0.15, 0.2) is 5.96 Å². The second kappa shape index (κ2) is 10.8. The maximum atomic E-state index is 4.29. The van der Waals surface area contributed by atoms with Crippen LogP contribution in [0.4, 0.5) is 0 Å². The van der Waals surface area contributed by atoms with E-state index in [1.807, 2.05) is 31.3 Å². The molecule has 0 aromatic heterocycles. The Labute approximate surface area is 133 Å². The quantitative estimate of drug-likeness (QED) is 0.273. The van der Waals surface area contributed by atoms with Gasteiger partial charge < -0.3 is 10.2 Å². The predicted molar refractivity (Wildman–Crippen MR) is 94.1 cm³/mol. The molecular formula is C15H24IN3. The standard InChI is InChI=1S/C15H23N3.HI/c1-4-5-9-12-18(3)15(16-2)17-13-14-10-7-6-8-11-14;/h4,6-8,10-11H,1,5,9,12-13H2,2-3H3,(H,16,17);1H. The molecule has 0 aliphatic rings. The van der Waals surface area contributed by atoms with Gasteiger partial charge in [-0.3, -0.25) is 4.99 Å². The fourth-order valence-corrected chi connectivity index (χ4v) is 1.74. The summed E-state index contributed by atoms with van der Waals surface area (Å²) in [5.41, 5.74) is 1.26. The van der Waals surface area contributed by atoms with Crippen LogP contribution in [0.15, 0.2) is 48.0 Å². The van der Waals surface area contributed by atoms with Crippen molar-refractivity contribution < 1.29 is 0 Å². The van der Waals surface area contributed by atoms with Crippen LogP contribution in [0.25, 0.3) is 0 Å². The minimum absolute atomic E-state index is 0. The van der Waals surface area contributed by atoms with E-state index in [0.717, 1.165) is 31.9 Å². The Hall–Kier alpha value is -1.04. The summed E-state index contributed by atoms with van der Waals surface area (Å²) in [7, 11) is 3.88. The number of nitrogens with one attached hydrogen (secondary N) is 1. The summed E-state index contributed by atoms with van der Waals surface area (Å²) in [5.74, 6) is 0.933. The summed E-state index contributed by atoms with van der Waals surface area (Å²) in [5, 5.41) is 3.36. The smallest absolute Gasteiger partial charge is 0.193 e. The normalized spacial score (nSPS) is 10.5. The van der Waals surface area contributed by atoms with Crippen LogP contribution in [0, 0.1) is 0 Å². The van der Waals surface area contributed by atoms with Crippen molar-refractivity contribution in [1.29, 1.82) is 0 Å². The monoisotopic (exact) mass is 373 g/mol. The van der Waals surface area contributed by atoms with Crippen LogP contribution in [0.5, 0.6) is 0 Å². The van der Waals surface area contributed by atoms with Crippen molar-refractivity contribution in [2.75, 3.05) is 20.6 Å². The van der Waals surface area contributed by atoms with Gasteiger partial charge in [0.05, 0.1) is 0 Å². The van der Waals surface area contributed by atoms with Gasteiger partial charge in [0, 0.05) is 27.2 Å². The molecule has 106 valence electrons. The molecule has 4 heteroatoms. The molecule has 1 aromatic carbocycles. The van der Waals surface area contributed by atoms with Gasteiger partial charge in [0.2, 0.25) is 0 Å². The predicted octanol–water partition coefficient (Wildman–Crippen LogP) is 3.28. The summed E-state index contributed by atoms with van der Waals surface area (Å²) in [6.45, 7) is 5.53. The summed E-state index contributed by atoms with van der Waals surface area (Å²) in [6, 6.07) is 10.3. The number of benzene rings is 1. The number of nitrogens with zero attached hydrogens (tertiary/aromatic N) is 2. The van der Waals surface area contributed by atoms with Crippen molar-refractivity contribution in [1.82, 2.24) is 10.2 Å². The Bertz CT molecular complexity index is 376. The van der Waals surface area contributed by atoms with E-state index in [2.05, 4.69) is 41.0 Å². The zero-order valence-electron chi connectivity index (χ0n) is 11.8. The van der Waals surface area contributed by atoms with E-state index in [1.54, 1.807) is 0 Å².